The second kappa shape index (κ2) is 11.5. The number of benzene rings is 4. The van der Waals surface area contributed by atoms with Gasteiger partial charge >= 0.3 is 33.3 Å². The monoisotopic (exact) mass is 528 g/mol. The van der Waals surface area contributed by atoms with Crippen LogP contribution in [0.25, 0.3) is 21.5 Å². The van der Waals surface area contributed by atoms with Gasteiger partial charge < -0.3 is 4.42 Å². The van der Waals surface area contributed by atoms with Gasteiger partial charge in [-0.25, -0.2) is 9.98 Å². The zero-order chi connectivity index (χ0) is 23.9. The van der Waals surface area contributed by atoms with Crippen molar-refractivity contribution in [2.24, 2.45) is 9.98 Å². The first kappa shape index (κ1) is 24.3. The zero-order valence-electron chi connectivity index (χ0n) is 18.6. The second-order valence-electron chi connectivity index (χ2n) is 7.67. The van der Waals surface area contributed by atoms with Crippen LogP contribution >= 0.6 is 20.2 Å². The van der Waals surface area contributed by atoms with Crippen molar-refractivity contribution in [1.29, 1.82) is 0 Å². The number of furan rings is 1. The number of halogens is 2. The summed E-state index contributed by atoms with van der Waals surface area (Å²) in [6, 6.07) is 32.9. The molecule has 0 aliphatic heterocycles. The predicted molar refractivity (Wildman–Crippen MR) is 142 cm³/mol. The molecule has 0 saturated heterocycles. The van der Waals surface area contributed by atoms with Crippen LogP contribution in [0.1, 0.15) is 25.4 Å². The molecule has 1 aromatic heterocycles. The first-order valence-corrected chi connectivity index (χ1v) is 13.6. The van der Waals surface area contributed by atoms with E-state index >= 15 is 0 Å². The van der Waals surface area contributed by atoms with Gasteiger partial charge in [-0.3, -0.25) is 0 Å². The van der Waals surface area contributed by atoms with E-state index in [1.165, 1.54) is 21.5 Å². The van der Waals surface area contributed by atoms with Crippen molar-refractivity contribution in [2.45, 2.75) is 13.8 Å². The molecule has 172 valence electrons. The molecule has 0 aliphatic carbocycles. The van der Waals surface area contributed by atoms with Gasteiger partial charge in [0.15, 0.2) is 0 Å². The fourth-order valence-electron chi connectivity index (χ4n) is 3.72. The Bertz CT molecular complexity index is 1380. The Morgan fingerprint density at radius 3 is 1.38 bits per heavy atom. The number of aliphatic imine (C=N–C) groups is 2. The predicted octanol–water partition coefficient (Wildman–Crippen LogP) is 9.24. The Kier molecular flexibility index (Phi) is 8.20. The van der Waals surface area contributed by atoms with Crippen molar-refractivity contribution < 1.29 is 17.6 Å². The molecule has 34 heavy (non-hydrogen) atoms. The summed E-state index contributed by atoms with van der Waals surface area (Å²) in [5.41, 5.74) is 3.49. The summed E-state index contributed by atoms with van der Waals surface area (Å²) in [5.74, 6) is 1.49. The molecular weight excluding hydrogens is 507 g/mol. The molecule has 0 spiro atoms. The third-order valence-electron chi connectivity index (χ3n) is 5.38. The van der Waals surface area contributed by atoms with E-state index in [0.29, 0.717) is 0 Å². The van der Waals surface area contributed by atoms with Gasteiger partial charge in [0.25, 0.3) is 0 Å². The summed E-state index contributed by atoms with van der Waals surface area (Å²) in [5, 5.41) is 4.77. The topological polar surface area (TPSA) is 37.9 Å². The molecule has 0 bridgehead atoms. The molecule has 0 radical (unpaired) electrons. The second-order valence-corrected chi connectivity index (χ2v) is 9.50. The molecule has 0 N–H and O–H groups in total. The summed E-state index contributed by atoms with van der Waals surface area (Å²) in [6.45, 7) is 3.93. The molecule has 1 heterocycles. The van der Waals surface area contributed by atoms with Crippen molar-refractivity contribution in [2.75, 3.05) is 0 Å². The Morgan fingerprint density at radius 1 is 0.588 bits per heavy atom. The van der Waals surface area contributed by atoms with Crippen LogP contribution in [0.2, 0.25) is 0 Å². The van der Waals surface area contributed by atoms with Crippen LogP contribution in [0.3, 0.4) is 0 Å². The molecule has 0 amide bonds. The molecule has 4 aromatic carbocycles. The number of hydrogen-bond acceptors (Lipinski definition) is 3. The standard InChI is InChI=1S/C28H22N2O.2ClH.Fe/c1-19(29-25-13-11-21-7-3-5-9-23(21)17-25)27-15-16-28(31-27)20(2)30-26-14-12-22-8-4-6-10-24(22)18-26;;;/h3-18H,1-2H3;2*1H;/q;;;+2/p-2. The van der Waals surface area contributed by atoms with Gasteiger partial charge in [0.05, 0.1) is 22.8 Å². The summed E-state index contributed by atoms with van der Waals surface area (Å²) in [6.07, 6.45) is 0. The molecule has 0 unspecified atom stereocenters. The van der Waals surface area contributed by atoms with E-state index < -0.39 is 0 Å². The van der Waals surface area contributed by atoms with Crippen LogP contribution in [-0.2, 0) is 13.1 Å². The van der Waals surface area contributed by atoms with Crippen molar-refractivity contribution >= 4 is 64.5 Å². The van der Waals surface area contributed by atoms with E-state index in [0.717, 1.165) is 34.3 Å². The maximum atomic E-state index is 6.07. The Hall–Kier alpha value is -2.88. The number of nitrogens with zero attached hydrogens (tertiary/aromatic N) is 2. The van der Waals surface area contributed by atoms with E-state index in [1.807, 2.05) is 62.4 Å². The number of fused-ring (bicyclic) bond motifs is 2. The van der Waals surface area contributed by atoms with Gasteiger partial charge in [-0.05, 0) is 71.8 Å². The number of rotatable bonds is 4. The molecule has 5 rings (SSSR count). The van der Waals surface area contributed by atoms with E-state index in [4.69, 9.17) is 34.6 Å². The molecule has 0 saturated carbocycles. The van der Waals surface area contributed by atoms with Gasteiger partial charge in [-0.15, -0.1) is 0 Å². The molecule has 5 aromatic rings. The molecular formula is C28H22Cl2FeN2O. The van der Waals surface area contributed by atoms with Crippen molar-refractivity contribution in [3.8, 4) is 0 Å². The summed E-state index contributed by atoms with van der Waals surface area (Å²) >= 11 is 0.194. The van der Waals surface area contributed by atoms with Crippen LogP contribution < -0.4 is 0 Å². The van der Waals surface area contributed by atoms with Crippen LogP contribution in [0.4, 0.5) is 11.4 Å². The molecule has 3 nitrogen and oxygen atoms in total. The van der Waals surface area contributed by atoms with Gasteiger partial charge in [-0.2, -0.15) is 0 Å². The summed E-state index contributed by atoms with van der Waals surface area (Å²) < 4.78 is 6.07. The Labute approximate surface area is 213 Å². The fraction of sp³-hybridized carbons (Fsp3) is 0.0714. The first-order chi connectivity index (χ1) is 16.6. The third-order valence-corrected chi connectivity index (χ3v) is 5.38. The van der Waals surface area contributed by atoms with E-state index in [1.54, 1.807) is 0 Å². The van der Waals surface area contributed by atoms with Crippen LogP contribution in [-0.4, -0.2) is 11.4 Å². The molecule has 6 heteroatoms. The average Bonchev–Trinajstić information content (AvgIpc) is 3.35. The molecule has 0 aliphatic rings. The summed E-state index contributed by atoms with van der Waals surface area (Å²) in [4.78, 5) is 9.51. The van der Waals surface area contributed by atoms with E-state index in [-0.39, 0.29) is 13.1 Å². The molecule has 0 atom stereocenters. The van der Waals surface area contributed by atoms with Crippen LogP contribution in [0.15, 0.2) is 111 Å². The Morgan fingerprint density at radius 2 is 0.971 bits per heavy atom. The maximum absolute atomic E-state index is 6.07. The van der Waals surface area contributed by atoms with Crippen molar-refractivity contribution in [3.63, 3.8) is 0 Å². The molecule has 0 fully saturated rings. The average molecular weight is 529 g/mol. The van der Waals surface area contributed by atoms with Crippen molar-refractivity contribution in [1.82, 2.24) is 0 Å². The van der Waals surface area contributed by atoms with Gasteiger partial charge in [0.2, 0.25) is 0 Å². The zero-order valence-corrected chi connectivity index (χ0v) is 21.3. The normalized spacial score (nSPS) is 12.1. The van der Waals surface area contributed by atoms with E-state index in [9.17, 15) is 0 Å². The third kappa shape index (κ3) is 5.97. The van der Waals surface area contributed by atoms with Crippen LogP contribution in [0.5, 0.6) is 0 Å². The number of hydrogen-bond donors (Lipinski definition) is 0. The van der Waals surface area contributed by atoms with Crippen molar-refractivity contribution in [3.05, 3.63) is 109 Å². The summed E-state index contributed by atoms with van der Waals surface area (Å²) in [7, 11) is 9.53. The minimum absolute atomic E-state index is 0.194. The quantitative estimate of drug-likeness (QED) is 0.169. The van der Waals surface area contributed by atoms with Gasteiger partial charge in [0.1, 0.15) is 11.5 Å². The van der Waals surface area contributed by atoms with Gasteiger partial charge in [0, 0.05) is 0 Å². The SMILES string of the molecule is CC(=Nc1ccc2ccccc2c1)c1ccc(C(C)=Nc2ccc3ccccc3c2)o1.[Cl][Fe][Cl]. The van der Waals surface area contributed by atoms with Crippen LogP contribution in [0, 0.1) is 0 Å². The van der Waals surface area contributed by atoms with Gasteiger partial charge in [-0.1, -0.05) is 60.7 Å². The van der Waals surface area contributed by atoms with E-state index in [2.05, 4.69) is 48.5 Å². The fourth-order valence-corrected chi connectivity index (χ4v) is 3.72. The Balaban J connectivity index is 0.000000868. The minimum atomic E-state index is 0.194. The first-order valence-electron chi connectivity index (χ1n) is 10.6.